The molecule has 0 bridgehead atoms. The topological polar surface area (TPSA) is 15.7 Å². The van der Waals surface area contributed by atoms with Gasteiger partial charge < -0.3 is 9.64 Å². The summed E-state index contributed by atoms with van der Waals surface area (Å²) in [5.41, 5.74) is 0. The fourth-order valence-corrected chi connectivity index (χ4v) is 5.08. The lowest BCUT2D eigenvalue weighted by Crippen LogP contribution is -2.49. The zero-order valence-electron chi connectivity index (χ0n) is 19.1. The van der Waals surface area contributed by atoms with Crippen molar-refractivity contribution >= 4 is 0 Å². The molecule has 0 amide bonds. The van der Waals surface area contributed by atoms with Crippen LogP contribution in [0.3, 0.4) is 0 Å². The summed E-state index contributed by atoms with van der Waals surface area (Å²) in [5.74, 6) is 1.82. The molecule has 0 aromatic carbocycles. The highest BCUT2D eigenvalue weighted by Gasteiger charge is 2.25. The number of ether oxygens (including phenoxy) is 1. The van der Waals surface area contributed by atoms with Crippen molar-refractivity contribution in [3.05, 3.63) is 0 Å². The van der Waals surface area contributed by atoms with Gasteiger partial charge in [0.05, 0.1) is 12.2 Å². The molecule has 1 aliphatic heterocycles. The van der Waals surface area contributed by atoms with E-state index in [0.29, 0.717) is 12.2 Å². The highest BCUT2D eigenvalue weighted by atomic mass is 16.5. The maximum atomic E-state index is 6.23. The van der Waals surface area contributed by atoms with Crippen LogP contribution in [-0.2, 0) is 4.74 Å². The standard InChI is InChI=1S/C24H48N2O/c1-6-8-22(5)27-24-11-9-23(10-12-24)19-20(3)13-14-25-15-17-26(18-16-25)21(4)7-2/h20-24H,6-19H2,1-5H3/t20-,21?,22?,23?,24?/m1/s1. The predicted molar refractivity (Wildman–Crippen MR) is 117 cm³/mol. The van der Waals surface area contributed by atoms with Gasteiger partial charge in [0, 0.05) is 32.2 Å². The van der Waals surface area contributed by atoms with Crippen LogP contribution in [0, 0.1) is 11.8 Å². The largest absolute Gasteiger partial charge is 0.375 e. The molecule has 2 aliphatic rings. The van der Waals surface area contributed by atoms with E-state index in [1.165, 1.54) is 90.5 Å². The minimum Gasteiger partial charge on any atom is -0.375 e. The fraction of sp³-hybridized carbons (Fsp3) is 1.00. The molecule has 0 spiro atoms. The van der Waals surface area contributed by atoms with Crippen molar-refractivity contribution in [2.45, 2.75) is 111 Å². The summed E-state index contributed by atoms with van der Waals surface area (Å²) in [5, 5.41) is 0. The van der Waals surface area contributed by atoms with Crippen LogP contribution < -0.4 is 0 Å². The van der Waals surface area contributed by atoms with E-state index < -0.39 is 0 Å². The molecule has 3 heteroatoms. The Balaban J connectivity index is 1.56. The number of hydrogen-bond acceptors (Lipinski definition) is 3. The molecule has 0 N–H and O–H groups in total. The molecule has 2 rings (SSSR count). The molecule has 1 heterocycles. The Bertz CT molecular complexity index is 373. The van der Waals surface area contributed by atoms with Crippen LogP contribution in [0.5, 0.6) is 0 Å². The van der Waals surface area contributed by atoms with Crippen LogP contribution in [0.1, 0.15) is 92.4 Å². The van der Waals surface area contributed by atoms with Crippen molar-refractivity contribution in [1.82, 2.24) is 9.80 Å². The van der Waals surface area contributed by atoms with Gasteiger partial charge in [-0.15, -0.1) is 0 Å². The molecule has 2 fully saturated rings. The average molecular weight is 381 g/mol. The molecule has 1 saturated carbocycles. The van der Waals surface area contributed by atoms with Gasteiger partial charge in [0.2, 0.25) is 0 Å². The first kappa shape index (κ1) is 23.2. The first-order chi connectivity index (χ1) is 13.0. The van der Waals surface area contributed by atoms with Gasteiger partial charge in [-0.3, -0.25) is 4.90 Å². The average Bonchev–Trinajstić information content (AvgIpc) is 2.68. The number of nitrogens with zero attached hydrogens (tertiary/aromatic N) is 2. The van der Waals surface area contributed by atoms with E-state index in [4.69, 9.17) is 4.74 Å². The van der Waals surface area contributed by atoms with E-state index in [-0.39, 0.29) is 0 Å². The summed E-state index contributed by atoms with van der Waals surface area (Å²) >= 11 is 0. The van der Waals surface area contributed by atoms with Crippen LogP contribution >= 0.6 is 0 Å². The Hall–Kier alpha value is -0.120. The Morgan fingerprint density at radius 2 is 1.56 bits per heavy atom. The smallest absolute Gasteiger partial charge is 0.0579 e. The SMILES string of the molecule is CCCC(C)OC1CCC(C[C@H](C)CCN2CCN(C(C)CC)CC2)CC1. The van der Waals surface area contributed by atoms with Crippen molar-refractivity contribution in [2.24, 2.45) is 11.8 Å². The maximum Gasteiger partial charge on any atom is 0.0579 e. The second kappa shape index (κ2) is 12.4. The monoisotopic (exact) mass is 380 g/mol. The summed E-state index contributed by atoms with van der Waals surface area (Å²) in [6.07, 6.45) is 12.9. The third kappa shape index (κ3) is 8.41. The Kier molecular flexibility index (Phi) is 10.7. The molecular formula is C24H48N2O. The van der Waals surface area contributed by atoms with Gasteiger partial charge in [0.1, 0.15) is 0 Å². The van der Waals surface area contributed by atoms with Crippen LogP contribution in [0.4, 0.5) is 0 Å². The zero-order chi connectivity index (χ0) is 19.6. The summed E-state index contributed by atoms with van der Waals surface area (Å²) in [6.45, 7) is 18.1. The van der Waals surface area contributed by atoms with Crippen LogP contribution in [-0.4, -0.2) is 60.8 Å². The Labute approximate surface area is 170 Å². The molecule has 2 unspecified atom stereocenters. The Morgan fingerprint density at radius 1 is 0.889 bits per heavy atom. The van der Waals surface area contributed by atoms with Gasteiger partial charge in [0.15, 0.2) is 0 Å². The first-order valence-corrected chi connectivity index (χ1v) is 12.1. The minimum atomic E-state index is 0.455. The van der Waals surface area contributed by atoms with Crippen LogP contribution in [0.2, 0.25) is 0 Å². The summed E-state index contributed by atoms with van der Waals surface area (Å²) in [4.78, 5) is 5.37. The van der Waals surface area contributed by atoms with Gasteiger partial charge in [-0.05, 0) is 83.6 Å². The molecular weight excluding hydrogens is 332 g/mol. The molecule has 1 aliphatic carbocycles. The second-order valence-corrected chi connectivity index (χ2v) is 9.64. The Morgan fingerprint density at radius 3 is 2.15 bits per heavy atom. The normalized spacial score (nSPS) is 28.8. The molecule has 1 saturated heterocycles. The fourth-order valence-electron chi connectivity index (χ4n) is 5.08. The third-order valence-corrected chi connectivity index (χ3v) is 7.21. The lowest BCUT2D eigenvalue weighted by Gasteiger charge is -2.38. The van der Waals surface area contributed by atoms with Crippen molar-refractivity contribution in [1.29, 1.82) is 0 Å². The molecule has 160 valence electrons. The zero-order valence-corrected chi connectivity index (χ0v) is 19.1. The van der Waals surface area contributed by atoms with E-state index in [0.717, 1.165) is 17.9 Å². The van der Waals surface area contributed by atoms with Crippen LogP contribution in [0.15, 0.2) is 0 Å². The van der Waals surface area contributed by atoms with Crippen molar-refractivity contribution in [3.63, 3.8) is 0 Å². The molecule has 0 aromatic heterocycles. The van der Waals surface area contributed by atoms with Crippen molar-refractivity contribution in [2.75, 3.05) is 32.7 Å². The lowest BCUT2D eigenvalue weighted by atomic mass is 9.81. The first-order valence-electron chi connectivity index (χ1n) is 12.1. The van der Waals surface area contributed by atoms with Gasteiger partial charge in [-0.25, -0.2) is 0 Å². The van der Waals surface area contributed by atoms with E-state index >= 15 is 0 Å². The van der Waals surface area contributed by atoms with Gasteiger partial charge >= 0.3 is 0 Å². The van der Waals surface area contributed by atoms with E-state index in [2.05, 4.69) is 44.4 Å². The number of rotatable bonds is 11. The number of hydrogen-bond donors (Lipinski definition) is 0. The van der Waals surface area contributed by atoms with Gasteiger partial charge in [-0.2, -0.15) is 0 Å². The highest BCUT2D eigenvalue weighted by Crippen LogP contribution is 2.32. The highest BCUT2D eigenvalue weighted by molar-refractivity contribution is 4.78. The molecule has 3 atom stereocenters. The predicted octanol–water partition coefficient (Wildman–Crippen LogP) is 5.58. The van der Waals surface area contributed by atoms with Crippen LogP contribution in [0.25, 0.3) is 0 Å². The summed E-state index contributed by atoms with van der Waals surface area (Å²) < 4.78 is 6.23. The van der Waals surface area contributed by atoms with Crippen molar-refractivity contribution in [3.8, 4) is 0 Å². The van der Waals surface area contributed by atoms with Gasteiger partial charge in [0.25, 0.3) is 0 Å². The van der Waals surface area contributed by atoms with Crippen molar-refractivity contribution < 1.29 is 4.74 Å². The van der Waals surface area contributed by atoms with Gasteiger partial charge in [-0.1, -0.05) is 27.2 Å². The van der Waals surface area contributed by atoms with E-state index in [1.54, 1.807) is 0 Å². The molecule has 0 aromatic rings. The second-order valence-electron chi connectivity index (χ2n) is 9.64. The maximum absolute atomic E-state index is 6.23. The van der Waals surface area contributed by atoms with E-state index in [1.807, 2.05) is 0 Å². The molecule has 27 heavy (non-hydrogen) atoms. The number of piperazine rings is 1. The molecule has 0 radical (unpaired) electrons. The lowest BCUT2D eigenvalue weighted by molar-refractivity contribution is -0.0329. The molecule has 3 nitrogen and oxygen atoms in total. The van der Waals surface area contributed by atoms with E-state index in [9.17, 15) is 0 Å². The minimum absolute atomic E-state index is 0.455. The quantitative estimate of drug-likeness (QED) is 0.465. The third-order valence-electron chi connectivity index (χ3n) is 7.21. The summed E-state index contributed by atoms with van der Waals surface area (Å²) in [7, 11) is 0. The summed E-state index contributed by atoms with van der Waals surface area (Å²) in [6, 6.07) is 0.759.